The third-order valence-electron chi connectivity index (χ3n) is 4.73. The van der Waals surface area contributed by atoms with Gasteiger partial charge in [0, 0.05) is 18.5 Å². The van der Waals surface area contributed by atoms with E-state index < -0.39 is 10.0 Å². The quantitative estimate of drug-likeness (QED) is 0.471. The van der Waals surface area contributed by atoms with E-state index >= 15 is 0 Å². The van der Waals surface area contributed by atoms with Crippen molar-refractivity contribution in [1.29, 1.82) is 0 Å². The number of rotatable bonds is 4. The molecule has 6 N–H and O–H groups in total. The molecule has 3 rings (SSSR count). The Morgan fingerprint density at radius 2 is 2.00 bits per heavy atom. The van der Waals surface area contributed by atoms with Crippen LogP contribution in [-0.4, -0.2) is 39.5 Å². The topological polar surface area (TPSA) is 125 Å². The molecule has 1 aromatic carbocycles. The minimum Gasteiger partial charge on any atom is -0.348 e. The molecule has 0 saturated carbocycles. The van der Waals surface area contributed by atoms with Gasteiger partial charge in [0.1, 0.15) is 6.04 Å². The molecule has 9 heteroatoms. The van der Waals surface area contributed by atoms with Gasteiger partial charge in [0.05, 0.1) is 10.9 Å². The molecule has 24 heavy (non-hydrogen) atoms. The van der Waals surface area contributed by atoms with Crippen LogP contribution in [0.5, 0.6) is 0 Å². The molecule has 132 valence electrons. The number of hydrazine groups is 1. The highest BCUT2D eigenvalue weighted by Crippen LogP contribution is 2.21. The molecule has 2 aliphatic rings. The van der Waals surface area contributed by atoms with E-state index in [1.54, 1.807) is 12.1 Å². The van der Waals surface area contributed by atoms with E-state index in [1.807, 2.05) is 6.92 Å². The Morgan fingerprint density at radius 1 is 1.29 bits per heavy atom. The predicted molar refractivity (Wildman–Crippen MR) is 89.2 cm³/mol. The van der Waals surface area contributed by atoms with Crippen LogP contribution in [0, 0.1) is 5.92 Å². The number of benzene rings is 1. The van der Waals surface area contributed by atoms with Crippen molar-refractivity contribution in [3.8, 4) is 0 Å². The first-order valence-corrected chi connectivity index (χ1v) is 9.56. The second-order valence-electron chi connectivity index (χ2n) is 6.37. The Morgan fingerprint density at radius 3 is 2.67 bits per heavy atom. The largest absolute Gasteiger partial charge is 0.348 e. The third kappa shape index (κ3) is 3.60. The van der Waals surface area contributed by atoms with Crippen LogP contribution in [0.25, 0.3) is 0 Å². The molecule has 2 fully saturated rings. The summed E-state index contributed by atoms with van der Waals surface area (Å²) in [6.45, 7) is 3.63. The third-order valence-corrected chi connectivity index (χ3v) is 5.66. The fourth-order valence-corrected chi connectivity index (χ4v) is 3.82. The van der Waals surface area contributed by atoms with Gasteiger partial charge in [-0.1, -0.05) is 12.1 Å². The van der Waals surface area contributed by atoms with Gasteiger partial charge in [-0.15, -0.1) is 0 Å². The molecule has 2 saturated heterocycles. The summed E-state index contributed by atoms with van der Waals surface area (Å²) in [7, 11) is -3.71. The highest BCUT2D eigenvalue weighted by atomic mass is 32.2. The number of nitrogens with two attached hydrogens (primary N) is 1. The SMILES string of the molecule is CC(NC(=O)C1NNC2CCNCC21)c1ccc(S(N)(=O)=O)cc1. The normalized spacial score (nSPS) is 28.2. The molecule has 0 spiro atoms. The summed E-state index contributed by atoms with van der Waals surface area (Å²) >= 11 is 0. The summed E-state index contributed by atoms with van der Waals surface area (Å²) in [6.07, 6.45) is 0.992. The summed E-state index contributed by atoms with van der Waals surface area (Å²) in [5, 5.41) is 11.4. The maximum Gasteiger partial charge on any atom is 0.239 e. The lowest BCUT2D eigenvalue weighted by Gasteiger charge is -2.28. The van der Waals surface area contributed by atoms with Gasteiger partial charge >= 0.3 is 0 Å². The van der Waals surface area contributed by atoms with E-state index in [0.717, 1.165) is 25.1 Å². The second-order valence-corrected chi connectivity index (χ2v) is 7.94. The number of piperidine rings is 1. The van der Waals surface area contributed by atoms with Crippen LogP contribution in [0.15, 0.2) is 29.2 Å². The van der Waals surface area contributed by atoms with E-state index in [0.29, 0.717) is 6.04 Å². The van der Waals surface area contributed by atoms with Crippen LogP contribution in [0.2, 0.25) is 0 Å². The number of sulfonamides is 1. The molecule has 0 bridgehead atoms. The monoisotopic (exact) mass is 353 g/mol. The molecule has 2 aliphatic heterocycles. The molecule has 1 aromatic rings. The Kier molecular flexibility index (Phi) is 4.88. The zero-order valence-corrected chi connectivity index (χ0v) is 14.3. The van der Waals surface area contributed by atoms with Crippen LogP contribution in [0.1, 0.15) is 24.9 Å². The summed E-state index contributed by atoms with van der Waals surface area (Å²) in [5.74, 6) is 0.150. The number of hydrogen-bond donors (Lipinski definition) is 5. The van der Waals surface area contributed by atoms with Crippen molar-refractivity contribution < 1.29 is 13.2 Å². The summed E-state index contributed by atoms with van der Waals surface area (Å²) < 4.78 is 22.6. The van der Waals surface area contributed by atoms with E-state index in [9.17, 15) is 13.2 Å². The molecule has 4 atom stereocenters. The Balaban J connectivity index is 1.64. The van der Waals surface area contributed by atoms with Gasteiger partial charge < -0.3 is 10.6 Å². The van der Waals surface area contributed by atoms with Crippen molar-refractivity contribution in [2.24, 2.45) is 11.1 Å². The predicted octanol–water partition coefficient (Wildman–Crippen LogP) is -1.03. The van der Waals surface area contributed by atoms with E-state index in [1.165, 1.54) is 12.1 Å². The fraction of sp³-hybridized carbons (Fsp3) is 0.533. The standard InChI is InChI=1S/C15H23N5O3S/c1-9(10-2-4-11(5-3-10)24(16,22)23)18-15(21)14-12-8-17-7-6-13(12)19-20-14/h2-5,9,12-14,17,19-20H,6-8H2,1H3,(H,18,21)(H2,16,22,23). The first kappa shape index (κ1) is 17.3. The minimum absolute atomic E-state index is 0.0579. The van der Waals surface area contributed by atoms with Crippen molar-refractivity contribution >= 4 is 15.9 Å². The number of carbonyl (C=O) groups excluding carboxylic acids is 1. The zero-order chi connectivity index (χ0) is 17.3. The lowest BCUT2D eigenvalue weighted by molar-refractivity contribution is -0.124. The fourth-order valence-electron chi connectivity index (χ4n) is 3.31. The average Bonchev–Trinajstić information content (AvgIpc) is 2.98. The molecular formula is C15H23N5O3S. The van der Waals surface area contributed by atoms with Crippen LogP contribution in [0.3, 0.4) is 0 Å². The van der Waals surface area contributed by atoms with Crippen LogP contribution in [0.4, 0.5) is 0 Å². The van der Waals surface area contributed by atoms with Gasteiger partial charge in [-0.2, -0.15) is 0 Å². The minimum atomic E-state index is -3.71. The van der Waals surface area contributed by atoms with Gasteiger partial charge in [0.25, 0.3) is 0 Å². The number of nitrogens with one attached hydrogen (secondary N) is 4. The van der Waals surface area contributed by atoms with Gasteiger partial charge in [-0.25, -0.2) is 19.0 Å². The van der Waals surface area contributed by atoms with E-state index in [2.05, 4.69) is 21.5 Å². The maximum atomic E-state index is 12.6. The zero-order valence-electron chi connectivity index (χ0n) is 13.5. The first-order valence-electron chi connectivity index (χ1n) is 8.01. The first-order chi connectivity index (χ1) is 11.4. The van der Waals surface area contributed by atoms with Crippen LogP contribution >= 0.6 is 0 Å². The molecule has 0 aromatic heterocycles. The molecular weight excluding hydrogens is 330 g/mol. The van der Waals surface area contributed by atoms with Crippen LogP contribution < -0.4 is 26.6 Å². The number of amides is 1. The van der Waals surface area contributed by atoms with Gasteiger partial charge in [-0.3, -0.25) is 10.2 Å². The van der Waals surface area contributed by atoms with Crippen LogP contribution in [-0.2, 0) is 14.8 Å². The molecule has 1 amide bonds. The van der Waals surface area contributed by atoms with Gasteiger partial charge in [0.2, 0.25) is 15.9 Å². The second kappa shape index (κ2) is 6.77. The number of hydrogen-bond acceptors (Lipinski definition) is 6. The average molecular weight is 353 g/mol. The number of fused-ring (bicyclic) bond motifs is 1. The molecule has 2 heterocycles. The van der Waals surface area contributed by atoms with E-state index in [4.69, 9.17) is 5.14 Å². The lowest BCUT2D eigenvalue weighted by atomic mass is 9.89. The Hall–Kier alpha value is -1.52. The van der Waals surface area contributed by atoms with Gasteiger partial charge in [0.15, 0.2) is 0 Å². The highest BCUT2D eigenvalue weighted by molar-refractivity contribution is 7.89. The van der Waals surface area contributed by atoms with Crippen molar-refractivity contribution in [3.05, 3.63) is 29.8 Å². The molecule has 0 aliphatic carbocycles. The maximum absolute atomic E-state index is 12.6. The summed E-state index contributed by atoms with van der Waals surface area (Å²) in [6, 6.07) is 6.02. The smallest absolute Gasteiger partial charge is 0.239 e. The van der Waals surface area contributed by atoms with E-state index in [-0.39, 0.29) is 28.8 Å². The number of primary sulfonamides is 1. The van der Waals surface area contributed by atoms with Crippen molar-refractivity contribution in [3.63, 3.8) is 0 Å². The number of carbonyl (C=O) groups is 1. The lowest BCUT2D eigenvalue weighted by Crippen LogP contribution is -2.49. The van der Waals surface area contributed by atoms with Crippen molar-refractivity contribution in [1.82, 2.24) is 21.5 Å². The molecule has 0 radical (unpaired) electrons. The molecule has 4 unspecified atom stereocenters. The van der Waals surface area contributed by atoms with Crippen molar-refractivity contribution in [2.45, 2.75) is 36.4 Å². The highest BCUT2D eigenvalue weighted by Gasteiger charge is 2.41. The molecule has 8 nitrogen and oxygen atoms in total. The Bertz CT molecular complexity index is 706. The van der Waals surface area contributed by atoms with Gasteiger partial charge in [-0.05, 0) is 37.6 Å². The Labute approximate surface area is 141 Å². The summed E-state index contributed by atoms with van der Waals surface area (Å²) in [5.41, 5.74) is 7.10. The van der Waals surface area contributed by atoms with Crippen molar-refractivity contribution in [2.75, 3.05) is 13.1 Å². The summed E-state index contributed by atoms with van der Waals surface area (Å²) in [4.78, 5) is 12.6.